The van der Waals surface area contributed by atoms with Gasteiger partial charge in [-0.05, 0) is 31.5 Å². The number of β-amino-alcohol motifs (C(OH)–C–C–N with tert-alkyl or cyclic N) is 1. The Morgan fingerprint density at radius 2 is 1.89 bits per heavy atom. The summed E-state index contributed by atoms with van der Waals surface area (Å²) >= 11 is 0. The zero-order valence-electron chi connectivity index (χ0n) is 17.2. The Hall–Kier alpha value is -1.83. The fourth-order valence-corrected chi connectivity index (χ4v) is 2.98. The van der Waals surface area contributed by atoms with Gasteiger partial charge in [0, 0.05) is 52.5 Å². The molecule has 1 heterocycles. The van der Waals surface area contributed by atoms with Gasteiger partial charge >= 0.3 is 0 Å². The van der Waals surface area contributed by atoms with Crippen LogP contribution in [0.4, 0.5) is 5.69 Å². The van der Waals surface area contributed by atoms with Crippen molar-refractivity contribution in [3.63, 3.8) is 0 Å². The second kappa shape index (κ2) is 10.5. The second-order valence-corrected chi connectivity index (χ2v) is 7.50. The van der Waals surface area contributed by atoms with E-state index in [2.05, 4.69) is 49.7 Å². The highest BCUT2D eigenvalue weighted by Gasteiger charge is 2.25. The van der Waals surface area contributed by atoms with Gasteiger partial charge in [0.1, 0.15) is 0 Å². The van der Waals surface area contributed by atoms with Crippen molar-refractivity contribution in [2.45, 2.75) is 26.0 Å². The van der Waals surface area contributed by atoms with E-state index in [1.165, 1.54) is 5.69 Å². The van der Waals surface area contributed by atoms with Crippen molar-refractivity contribution in [2.75, 3.05) is 64.9 Å². The molecular formula is C20H35N5O2. The minimum atomic E-state index is -0.832. The van der Waals surface area contributed by atoms with E-state index in [9.17, 15) is 5.11 Å². The molecule has 0 aromatic heterocycles. The van der Waals surface area contributed by atoms with Gasteiger partial charge in [0.15, 0.2) is 5.96 Å². The Labute approximate surface area is 163 Å². The molecule has 2 rings (SSSR count). The molecule has 7 heteroatoms. The van der Waals surface area contributed by atoms with Gasteiger partial charge < -0.3 is 25.4 Å². The number of benzene rings is 1. The smallest absolute Gasteiger partial charge is 0.191 e. The number of morpholine rings is 1. The molecule has 0 spiro atoms. The predicted molar refractivity (Wildman–Crippen MR) is 111 cm³/mol. The number of ether oxygens (including phenoxy) is 1. The Bertz CT molecular complexity index is 581. The second-order valence-electron chi connectivity index (χ2n) is 7.50. The molecule has 1 aromatic rings. The van der Waals surface area contributed by atoms with Crippen molar-refractivity contribution in [3.8, 4) is 0 Å². The van der Waals surface area contributed by atoms with E-state index in [0.717, 1.165) is 44.4 Å². The quantitative estimate of drug-likeness (QED) is 0.462. The van der Waals surface area contributed by atoms with Crippen LogP contribution in [0.3, 0.4) is 0 Å². The number of rotatable bonds is 8. The van der Waals surface area contributed by atoms with Crippen molar-refractivity contribution >= 4 is 11.6 Å². The third kappa shape index (κ3) is 7.74. The fraction of sp³-hybridized carbons (Fsp3) is 0.650. The highest BCUT2D eigenvalue weighted by atomic mass is 16.5. The van der Waals surface area contributed by atoms with E-state index in [1.807, 2.05) is 27.9 Å². The number of nitrogens with zero attached hydrogens (tertiary/aromatic N) is 3. The topological polar surface area (TPSA) is 72.4 Å². The molecule has 0 aliphatic carbocycles. The van der Waals surface area contributed by atoms with Gasteiger partial charge in [-0.15, -0.1) is 0 Å². The van der Waals surface area contributed by atoms with Crippen LogP contribution in [0.2, 0.25) is 0 Å². The van der Waals surface area contributed by atoms with Gasteiger partial charge in [0.2, 0.25) is 0 Å². The van der Waals surface area contributed by atoms with Gasteiger partial charge in [-0.3, -0.25) is 4.90 Å². The average Bonchev–Trinajstić information content (AvgIpc) is 2.65. The molecule has 0 amide bonds. The molecule has 7 nitrogen and oxygen atoms in total. The molecule has 1 atom stereocenters. The maximum absolute atomic E-state index is 10.7. The van der Waals surface area contributed by atoms with Gasteiger partial charge in [-0.25, -0.2) is 4.99 Å². The van der Waals surface area contributed by atoms with E-state index in [0.29, 0.717) is 19.6 Å². The number of aliphatic hydroxyl groups is 1. The maximum atomic E-state index is 10.7. The van der Waals surface area contributed by atoms with Crippen molar-refractivity contribution in [2.24, 2.45) is 4.99 Å². The van der Waals surface area contributed by atoms with Crippen molar-refractivity contribution < 1.29 is 9.84 Å². The molecule has 1 aliphatic heterocycles. The standard InChI is InChI=1S/C20H35N5O2/c1-5-21-19(22-14-17-6-8-18(9-7-17)24(3)4)23-15-20(2,26)16-25-10-12-27-13-11-25/h6-9,26H,5,10-16H2,1-4H3,(H2,21,22,23). The zero-order valence-corrected chi connectivity index (χ0v) is 17.2. The first-order chi connectivity index (χ1) is 12.9. The van der Waals surface area contributed by atoms with Crippen LogP contribution >= 0.6 is 0 Å². The van der Waals surface area contributed by atoms with Crippen LogP contribution in [0, 0.1) is 0 Å². The number of anilines is 1. The zero-order chi connectivity index (χ0) is 19.7. The largest absolute Gasteiger partial charge is 0.387 e. The summed E-state index contributed by atoms with van der Waals surface area (Å²) < 4.78 is 5.37. The lowest BCUT2D eigenvalue weighted by molar-refractivity contribution is -0.0201. The monoisotopic (exact) mass is 377 g/mol. The van der Waals surface area contributed by atoms with Crippen LogP contribution in [-0.2, 0) is 11.3 Å². The summed E-state index contributed by atoms with van der Waals surface area (Å²) in [6.45, 7) is 9.53. The molecule has 1 aliphatic rings. The molecule has 0 bridgehead atoms. The molecule has 27 heavy (non-hydrogen) atoms. The van der Waals surface area contributed by atoms with E-state index < -0.39 is 5.60 Å². The summed E-state index contributed by atoms with van der Waals surface area (Å²) in [7, 11) is 4.06. The minimum Gasteiger partial charge on any atom is -0.387 e. The molecule has 1 unspecified atom stereocenters. The fourth-order valence-electron chi connectivity index (χ4n) is 2.98. The number of aliphatic imine (C=N–C) groups is 1. The van der Waals surface area contributed by atoms with Crippen molar-refractivity contribution in [1.82, 2.24) is 15.5 Å². The first kappa shape index (κ1) is 21.5. The Morgan fingerprint density at radius 1 is 1.22 bits per heavy atom. The number of nitrogens with one attached hydrogen (secondary N) is 2. The normalized spacial score (nSPS) is 18.0. The maximum Gasteiger partial charge on any atom is 0.191 e. The Kier molecular flexibility index (Phi) is 8.34. The lowest BCUT2D eigenvalue weighted by Crippen LogP contribution is -2.52. The van der Waals surface area contributed by atoms with Crippen LogP contribution in [0.15, 0.2) is 29.3 Å². The van der Waals surface area contributed by atoms with E-state index in [-0.39, 0.29) is 0 Å². The number of guanidine groups is 1. The van der Waals surface area contributed by atoms with Crippen LogP contribution in [0.25, 0.3) is 0 Å². The lowest BCUT2D eigenvalue weighted by atomic mass is 10.1. The number of hydrogen-bond acceptors (Lipinski definition) is 5. The summed E-state index contributed by atoms with van der Waals surface area (Å²) in [6, 6.07) is 8.38. The molecule has 0 saturated carbocycles. The minimum absolute atomic E-state index is 0.440. The van der Waals surface area contributed by atoms with Gasteiger partial charge in [0.05, 0.1) is 25.4 Å². The number of hydrogen-bond donors (Lipinski definition) is 3. The summed E-state index contributed by atoms with van der Waals surface area (Å²) in [6.07, 6.45) is 0. The summed E-state index contributed by atoms with van der Waals surface area (Å²) in [5.74, 6) is 0.719. The van der Waals surface area contributed by atoms with Gasteiger partial charge in [0.25, 0.3) is 0 Å². The van der Waals surface area contributed by atoms with Crippen LogP contribution in [-0.4, -0.2) is 81.6 Å². The van der Waals surface area contributed by atoms with E-state index in [1.54, 1.807) is 0 Å². The average molecular weight is 378 g/mol. The summed E-state index contributed by atoms with van der Waals surface area (Å²) in [5, 5.41) is 17.2. The van der Waals surface area contributed by atoms with E-state index >= 15 is 0 Å². The Morgan fingerprint density at radius 3 is 2.48 bits per heavy atom. The first-order valence-corrected chi connectivity index (χ1v) is 9.70. The van der Waals surface area contributed by atoms with Crippen LogP contribution in [0.1, 0.15) is 19.4 Å². The highest BCUT2D eigenvalue weighted by molar-refractivity contribution is 5.79. The third-order valence-electron chi connectivity index (χ3n) is 4.52. The third-order valence-corrected chi connectivity index (χ3v) is 4.52. The highest BCUT2D eigenvalue weighted by Crippen LogP contribution is 2.13. The molecule has 1 aromatic carbocycles. The van der Waals surface area contributed by atoms with Crippen molar-refractivity contribution in [3.05, 3.63) is 29.8 Å². The molecule has 3 N–H and O–H groups in total. The SMILES string of the molecule is CCNC(=NCc1ccc(N(C)C)cc1)NCC(C)(O)CN1CCOCC1. The van der Waals surface area contributed by atoms with E-state index in [4.69, 9.17) is 4.74 Å². The van der Waals surface area contributed by atoms with Crippen LogP contribution < -0.4 is 15.5 Å². The van der Waals surface area contributed by atoms with Gasteiger partial charge in [-0.2, -0.15) is 0 Å². The van der Waals surface area contributed by atoms with Gasteiger partial charge in [-0.1, -0.05) is 12.1 Å². The Balaban J connectivity index is 1.88. The summed E-state index contributed by atoms with van der Waals surface area (Å²) in [4.78, 5) is 8.96. The lowest BCUT2D eigenvalue weighted by Gasteiger charge is -2.34. The molecule has 0 radical (unpaired) electrons. The molecule has 1 fully saturated rings. The van der Waals surface area contributed by atoms with Crippen LogP contribution in [0.5, 0.6) is 0 Å². The first-order valence-electron chi connectivity index (χ1n) is 9.70. The summed E-state index contributed by atoms with van der Waals surface area (Å²) in [5.41, 5.74) is 1.49. The predicted octanol–water partition coefficient (Wildman–Crippen LogP) is 0.891. The molecular weight excluding hydrogens is 342 g/mol. The van der Waals surface area contributed by atoms with Crippen molar-refractivity contribution in [1.29, 1.82) is 0 Å². The molecule has 152 valence electrons. The molecule has 1 saturated heterocycles.